The molecule has 4 rings (SSSR count). The minimum atomic E-state index is -1.91. The van der Waals surface area contributed by atoms with E-state index < -0.39 is 102 Å². The van der Waals surface area contributed by atoms with Crippen molar-refractivity contribution in [3.8, 4) is 0 Å². The summed E-state index contributed by atoms with van der Waals surface area (Å²) in [6.07, 6.45) is 3.61. The number of unbranched alkanes of at least 4 members (excludes halogenated alkanes) is 7. The van der Waals surface area contributed by atoms with Gasteiger partial charge >= 0.3 is 5.97 Å². The van der Waals surface area contributed by atoms with Crippen molar-refractivity contribution in [2.45, 2.75) is 256 Å². The molecule has 4 N–H and O–H groups in total. The summed E-state index contributed by atoms with van der Waals surface area (Å²) in [4.78, 5) is 25.6. The zero-order chi connectivity index (χ0) is 51.4. The fourth-order valence-corrected chi connectivity index (χ4v) is 11.7. The number of methoxy groups -OCH3 is 2. The van der Waals surface area contributed by atoms with Gasteiger partial charge in [-0.2, -0.15) is 0 Å². The Morgan fingerprint density at radius 1 is 0.826 bits per heavy atom. The van der Waals surface area contributed by atoms with Gasteiger partial charge in [-0.05, 0) is 107 Å². The Morgan fingerprint density at radius 3 is 2.07 bits per heavy atom. The van der Waals surface area contributed by atoms with Crippen LogP contribution < -0.4 is 0 Å². The number of likely N-dealkylation sites (tertiary alicyclic amines) is 1. The summed E-state index contributed by atoms with van der Waals surface area (Å²) in [5, 5.41) is 52.5. The maximum absolute atomic E-state index is 14.6. The van der Waals surface area contributed by atoms with Crippen molar-refractivity contribution in [2.75, 3.05) is 47.9 Å². The van der Waals surface area contributed by atoms with E-state index in [1.807, 2.05) is 53.6 Å². The Morgan fingerprint density at radius 2 is 1.46 bits per heavy atom. The average molecular weight is 986 g/mol. The molecule has 4 heterocycles. The number of piperidine rings is 1. The molecule has 0 aromatic rings. The van der Waals surface area contributed by atoms with Crippen LogP contribution in [0.4, 0.5) is 0 Å². The second-order valence-corrected chi connectivity index (χ2v) is 22.4. The van der Waals surface area contributed by atoms with Crippen molar-refractivity contribution in [3.05, 3.63) is 0 Å². The molecule has 0 saturated carbocycles. The maximum atomic E-state index is 14.6. The summed E-state index contributed by atoms with van der Waals surface area (Å²) in [5.74, 6) is -3.52. The second kappa shape index (κ2) is 27.1. The van der Waals surface area contributed by atoms with Crippen LogP contribution in [0.3, 0.4) is 0 Å². The number of likely N-dealkylation sites (N-methyl/N-ethyl adjacent to an activating group) is 1. The lowest BCUT2D eigenvalue weighted by atomic mass is 9.73. The van der Waals surface area contributed by atoms with Crippen LogP contribution in [0.15, 0.2) is 5.16 Å². The quantitative estimate of drug-likeness (QED) is 0.0597. The predicted octanol–water partition coefficient (Wildman–Crippen LogP) is 6.85. The molecule has 0 aromatic carbocycles. The molecule has 0 bridgehead atoms. The van der Waals surface area contributed by atoms with Crippen LogP contribution in [0, 0.1) is 23.7 Å². The Kier molecular flexibility index (Phi) is 23.6. The van der Waals surface area contributed by atoms with Crippen LogP contribution in [0.2, 0.25) is 0 Å². The standard InChI is InChI=1S/C53H99N3O13/c1-16-18-19-20-21-22-23-24-27-56-28-25-26-39(32-56)69-54-43-33(3)30-52(10,63-15)48(68-50-44(57)40(55(12)13)29-34(4)64-50)36(6)45(67-42-31-51(9,62-14)47(59)38(8)65-42)37(7)49(60)66-41(17-2)53(11,61)46(58)35(43)5/h33-42,44-48,50,57-59,61H,16-32H2,1-15H3/b54-43+/t33-,34-,35+,36+,37-,38?,39?,40+,41-,42?,44-,45+,46-,47?,48-,50+,51?,52-,53-/m1/s1. The number of oxime groups is 1. The number of ether oxygens (including phenoxy) is 7. The number of hydrogen-bond acceptors (Lipinski definition) is 16. The Balaban J connectivity index is 1.78. The Hall–Kier alpha value is -1.54. The average Bonchev–Trinajstić information content (AvgIpc) is 3.31. The van der Waals surface area contributed by atoms with Crippen LogP contribution in [0.25, 0.3) is 0 Å². The van der Waals surface area contributed by atoms with Gasteiger partial charge in [0.05, 0.1) is 53.4 Å². The maximum Gasteiger partial charge on any atom is 0.311 e. The highest BCUT2D eigenvalue weighted by atomic mass is 16.7. The zero-order valence-electron chi connectivity index (χ0n) is 45.6. The van der Waals surface area contributed by atoms with Gasteiger partial charge in [-0.25, -0.2) is 0 Å². The second-order valence-electron chi connectivity index (χ2n) is 22.4. The third-order valence-electron chi connectivity index (χ3n) is 16.4. The van der Waals surface area contributed by atoms with Crippen molar-refractivity contribution in [2.24, 2.45) is 28.8 Å². The first kappa shape index (κ1) is 60.0. The summed E-state index contributed by atoms with van der Waals surface area (Å²) in [6, 6.07) is -0.274. The minimum Gasteiger partial charge on any atom is -0.459 e. The number of rotatable bonds is 19. The summed E-state index contributed by atoms with van der Waals surface area (Å²) >= 11 is 0. The fourth-order valence-electron chi connectivity index (χ4n) is 11.7. The molecule has 0 aromatic heterocycles. The van der Waals surface area contributed by atoms with E-state index >= 15 is 0 Å². The van der Waals surface area contributed by atoms with Gasteiger partial charge in [-0.3, -0.25) is 9.69 Å². The number of nitrogens with zero attached hydrogens (tertiary/aromatic N) is 3. The first-order chi connectivity index (χ1) is 32.5. The van der Waals surface area contributed by atoms with E-state index in [1.54, 1.807) is 34.8 Å². The predicted molar refractivity (Wildman–Crippen MR) is 267 cm³/mol. The van der Waals surface area contributed by atoms with E-state index in [9.17, 15) is 25.2 Å². The van der Waals surface area contributed by atoms with E-state index in [2.05, 4.69) is 11.8 Å². The van der Waals surface area contributed by atoms with Gasteiger partial charge in [0.25, 0.3) is 0 Å². The van der Waals surface area contributed by atoms with Gasteiger partial charge in [-0.15, -0.1) is 0 Å². The number of cyclic esters (lactones) is 1. The van der Waals surface area contributed by atoms with E-state index in [0.717, 1.165) is 38.9 Å². The molecule has 19 atom stereocenters. The monoisotopic (exact) mass is 986 g/mol. The number of hydrogen-bond donors (Lipinski definition) is 4. The normalized spacial score (nSPS) is 43.1. The van der Waals surface area contributed by atoms with E-state index in [4.69, 9.17) is 43.2 Å². The lowest BCUT2D eigenvalue weighted by molar-refractivity contribution is -0.319. The SMILES string of the molecule is CCCCCCCCCCN1CCCC(O/N=C2\[C@H](C)C[C@@](C)(OC)[C@H](O[C@@H]3O[C@H](C)C[C@H](N(C)C)[C@H]3O)[C@@H](C)[C@H](OC3CC(C)(OC)C(O)C(C)O3)[C@@H](C)C(=O)O[C@H](CC)[C@@](C)(O)[C@H](O)[C@H]2C)C1. The Bertz CT molecular complexity index is 1560. The number of aliphatic hydroxyl groups excluding tert-OH is 3. The lowest BCUT2D eigenvalue weighted by Gasteiger charge is -2.50. The first-order valence-electron chi connectivity index (χ1n) is 26.8. The molecule has 0 aliphatic carbocycles. The molecule has 16 nitrogen and oxygen atoms in total. The van der Waals surface area contributed by atoms with Crippen LogP contribution in [-0.2, 0) is 42.8 Å². The topological polar surface area (TPSA) is 191 Å². The summed E-state index contributed by atoms with van der Waals surface area (Å²) in [6.45, 7) is 23.2. The van der Waals surface area contributed by atoms with Crippen LogP contribution >= 0.6 is 0 Å². The van der Waals surface area contributed by atoms with Gasteiger partial charge in [0.2, 0.25) is 0 Å². The molecule has 0 spiro atoms. The zero-order valence-corrected chi connectivity index (χ0v) is 45.6. The third-order valence-corrected chi connectivity index (χ3v) is 16.4. The summed E-state index contributed by atoms with van der Waals surface area (Å²) in [7, 11) is 6.98. The molecule has 4 fully saturated rings. The Labute approximate surface area is 416 Å². The molecular weight excluding hydrogens is 887 g/mol. The third kappa shape index (κ3) is 15.5. The van der Waals surface area contributed by atoms with Crippen molar-refractivity contribution >= 4 is 11.7 Å². The summed E-state index contributed by atoms with van der Waals surface area (Å²) < 4.78 is 45.4. The van der Waals surface area contributed by atoms with E-state index in [-0.39, 0.29) is 37.5 Å². The molecule has 404 valence electrons. The molecule has 4 aliphatic rings. The highest BCUT2D eigenvalue weighted by Gasteiger charge is 2.54. The van der Waals surface area contributed by atoms with E-state index in [1.165, 1.54) is 59.0 Å². The van der Waals surface area contributed by atoms with E-state index in [0.29, 0.717) is 12.1 Å². The van der Waals surface area contributed by atoms with Gasteiger partial charge in [0, 0.05) is 51.0 Å². The molecule has 4 saturated heterocycles. The number of carbonyl (C=O) groups excluding carboxylic acids is 1. The molecular formula is C53H99N3O13. The number of aliphatic hydroxyl groups is 4. The highest BCUT2D eigenvalue weighted by molar-refractivity contribution is 5.88. The molecule has 5 unspecified atom stereocenters. The highest BCUT2D eigenvalue weighted by Crippen LogP contribution is 2.42. The van der Waals surface area contributed by atoms with Crippen LogP contribution in [0.5, 0.6) is 0 Å². The van der Waals surface area contributed by atoms with Crippen molar-refractivity contribution in [1.29, 1.82) is 0 Å². The molecule has 4 aliphatic heterocycles. The first-order valence-corrected chi connectivity index (χ1v) is 26.8. The molecule has 0 radical (unpaired) electrons. The largest absolute Gasteiger partial charge is 0.459 e. The smallest absolute Gasteiger partial charge is 0.311 e. The van der Waals surface area contributed by atoms with Gasteiger partial charge in [-0.1, -0.05) is 84.7 Å². The summed E-state index contributed by atoms with van der Waals surface area (Å²) in [5.41, 5.74) is -3.60. The van der Waals surface area contributed by atoms with Gasteiger partial charge in [0.15, 0.2) is 12.6 Å². The molecule has 69 heavy (non-hydrogen) atoms. The molecule has 0 amide bonds. The van der Waals surface area contributed by atoms with Crippen molar-refractivity contribution in [3.63, 3.8) is 0 Å². The van der Waals surface area contributed by atoms with Gasteiger partial charge in [0.1, 0.15) is 30.0 Å². The van der Waals surface area contributed by atoms with Crippen molar-refractivity contribution in [1.82, 2.24) is 9.80 Å². The minimum absolute atomic E-state index is 0.144. The number of esters is 1. The number of carbonyl (C=O) groups is 1. The van der Waals surface area contributed by atoms with Crippen LogP contribution in [-0.4, -0.2) is 180 Å². The lowest BCUT2D eigenvalue weighted by Crippen LogP contribution is -2.61. The molecule has 16 heteroatoms. The van der Waals surface area contributed by atoms with Crippen molar-refractivity contribution < 1.29 is 63.2 Å². The van der Waals surface area contributed by atoms with Crippen LogP contribution in [0.1, 0.15) is 166 Å². The fraction of sp³-hybridized carbons (Fsp3) is 0.962. The van der Waals surface area contributed by atoms with Gasteiger partial charge < -0.3 is 63.3 Å².